The Bertz CT molecular complexity index is 376. The molecule has 1 aromatic rings. The molecule has 2 heteroatoms. The highest BCUT2D eigenvalue weighted by atomic mass is 15.3. The average Bonchev–Trinajstić information content (AvgIpc) is 2.86. The molecule has 3 rings (SSSR count). The van der Waals surface area contributed by atoms with Crippen molar-refractivity contribution in [1.82, 2.24) is 9.80 Å². The first-order chi connectivity index (χ1) is 8.88. The largest absolute Gasteiger partial charge is 0.297 e. The molecule has 2 heterocycles. The third-order valence-corrected chi connectivity index (χ3v) is 4.49. The summed E-state index contributed by atoms with van der Waals surface area (Å²) in [6, 6.07) is 12.5. The van der Waals surface area contributed by atoms with Crippen LogP contribution in [0.25, 0.3) is 0 Å². The van der Waals surface area contributed by atoms with Crippen molar-refractivity contribution in [2.75, 3.05) is 26.2 Å². The van der Waals surface area contributed by atoms with Crippen molar-refractivity contribution in [3.63, 3.8) is 0 Å². The average molecular weight is 244 g/mol. The molecule has 0 aliphatic carbocycles. The van der Waals surface area contributed by atoms with E-state index in [-0.39, 0.29) is 0 Å². The number of nitrogens with zero attached hydrogens (tertiary/aromatic N) is 2. The van der Waals surface area contributed by atoms with Crippen LogP contribution in [0.15, 0.2) is 30.3 Å². The monoisotopic (exact) mass is 244 g/mol. The summed E-state index contributed by atoms with van der Waals surface area (Å²) in [6.07, 6.45) is 4.06. The van der Waals surface area contributed by atoms with Crippen LogP contribution in [-0.2, 0) is 0 Å². The van der Waals surface area contributed by atoms with Crippen LogP contribution >= 0.6 is 0 Å². The van der Waals surface area contributed by atoms with Gasteiger partial charge in [-0.25, -0.2) is 0 Å². The van der Waals surface area contributed by atoms with E-state index in [1.807, 2.05) is 0 Å². The predicted octanol–water partition coefficient (Wildman–Crippen LogP) is 2.92. The zero-order chi connectivity index (χ0) is 12.4. The smallest absolute Gasteiger partial charge is 0.0475 e. The zero-order valence-electron chi connectivity index (χ0n) is 11.4. The van der Waals surface area contributed by atoms with Crippen LogP contribution in [-0.4, -0.2) is 42.0 Å². The molecule has 2 fully saturated rings. The third-order valence-electron chi connectivity index (χ3n) is 4.49. The van der Waals surface area contributed by atoms with E-state index in [4.69, 9.17) is 0 Å². The van der Waals surface area contributed by atoms with E-state index < -0.39 is 0 Å². The number of piperazine rings is 1. The molecule has 2 unspecified atom stereocenters. The van der Waals surface area contributed by atoms with Crippen LogP contribution in [0.1, 0.15) is 37.8 Å². The van der Waals surface area contributed by atoms with Gasteiger partial charge in [0.15, 0.2) is 0 Å². The standard InChI is InChI=1S/C16H24N2/c1-2-10-18-12-15-9-6-11-17(15)13-16(18)14-7-4-3-5-8-14/h3-5,7-8,15-16H,2,6,9-13H2,1H3. The first-order valence-electron chi connectivity index (χ1n) is 7.41. The molecule has 18 heavy (non-hydrogen) atoms. The maximum Gasteiger partial charge on any atom is 0.0475 e. The maximum atomic E-state index is 2.71. The van der Waals surface area contributed by atoms with E-state index in [1.165, 1.54) is 51.0 Å². The molecule has 0 N–H and O–H groups in total. The second-order valence-corrected chi connectivity index (χ2v) is 5.71. The van der Waals surface area contributed by atoms with Gasteiger partial charge in [0.1, 0.15) is 0 Å². The second kappa shape index (κ2) is 5.41. The van der Waals surface area contributed by atoms with Gasteiger partial charge in [-0.2, -0.15) is 0 Å². The maximum absolute atomic E-state index is 2.71. The minimum absolute atomic E-state index is 0.612. The molecular formula is C16H24N2. The SMILES string of the molecule is CCCN1CC2CCCN2CC1c1ccccc1. The Hall–Kier alpha value is -0.860. The topological polar surface area (TPSA) is 6.48 Å². The lowest BCUT2D eigenvalue weighted by Gasteiger charge is -2.44. The van der Waals surface area contributed by atoms with Crippen LogP contribution in [0.3, 0.4) is 0 Å². The fraction of sp³-hybridized carbons (Fsp3) is 0.625. The summed E-state index contributed by atoms with van der Waals surface area (Å²) < 4.78 is 0. The van der Waals surface area contributed by atoms with Crippen LogP contribution in [0.5, 0.6) is 0 Å². The molecule has 0 radical (unpaired) electrons. The molecule has 0 aromatic heterocycles. The highest BCUT2D eigenvalue weighted by Crippen LogP contribution is 2.32. The van der Waals surface area contributed by atoms with E-state index in [0.717, 1.165) is 6.04 Å². The Morgan fingerprint density at radius 3 is 2.78 bits per heavy atom. The summed E-state index contributed by atoms with van der Waals surface area (Å²) >= 11 is 0. The number of rotatable bonds is 3. The van der Waals surface area contributed by atoms with Crippen molar-refractivity contribution in [3.8, 4) is 0 Å². The fourth-order valence-corrected chi connectivity index (χ4v) is 3.60. The van der Waals surface area contributed by atoms with Gasteiger partial charge in [-0.15, -0.1) is 0 Å². The Kier molecular flexibility index (Phi) is 3.67. The first kappa shape index (κ1) is 12.2. The number of hydrogen-bond acceptors (Lipinski definition) is 2. The molecule has 2 aliphatic rings. The molecule has 0 bridgehead atoms. The second-order valence-electron chi connectivity index (χ2n) is 5.71. The van der Waals surface area contributed by atoms with Gasteiger partial charge in [-0.05, 0) is 37.9 Å². The van der Waals surface area contributed by atoms with Gasteiger partial charge < -0.3 is 0 Å². The summed E-state index contributed by atoms with van der Waals surface area (Å²) in [4.78, 5) is 5.42. The summed E-state index contributed by atoms with van der Waals surface area (Å²) in [6.45, 7) is 7.35. The fourth-order valence-electron chi connectivity index (χ4n) is 3.60. The predicted molar refractivity (Wildman–Crippen MR) is 75.6 cm³/mol. The normalized spacial score (nSPS) is 29.4. The van der Waals surface area contributed by atoms with Crippen molar-refractivity contribution in [2.45, 2.75) is 38.3 Å². The van der Waals surface area contributed by atoms with Crippen molar-refractivity contribution in [3.05, 3.63) is 35.9 Å². The minimum Gasteiger partial charge on any atom is -0.297 e. The lowest BCUT2D eigenvalue weighted by Crippen LogP contribution is -2.51. The van der Waals surface area contributed by atoms with Gasteiger partial charge in [0.2, 0.25) is 0 Å². The highest BCUT2D eigenvalue weighted by Gasteiger charge is 2.36. The Morgan fingerprint density at radius 1 is 1.17 bits per heavy atom. The van der Waals surface area contributed by atoms with Crippen LogP contribution in [0, 0.1) is 0 Å². The van der Waals surface area contributed by atoms with Crippen molar-refractivity contribution in [2.24, 2.45) is 0 Å². The summed E-state index contributed by atoms with van der Waals surface area (Å²) in [7, 11) is 0. The zero-order valence-corrected chi connectivity index (χ0v) is 11.4. The van der Waals surface area contributed by atoms with Gasteiger partial charge in [0, 0.05) is 25.2 Å². The van der Waals surface area contributed by atoms with Crippen molar-refractivity contribution in [1.29, 1.82) is 0 Å². The lowest BCUT2D eigenvalue weighted by atomic mass is 9.99. The molecule has 2 saturated heterocycles. The number of benzene rings is 1. The summed E-state index contributed by atoms with van der Waals surface area (Å²) in [5, 5.41) is 0. The molecule has 0 amide bonds. The van der Waals surface area contributed by atoms with E-state index in [0.29, 0.717) is 6.04 Å². The van der Waals surface area contributed by atoms with Gasteiger partial charge in [-0.1, -0.05) is 37.3 Å². The first-order valence-corrected chi connectivity index (χ1v) is 7.41. The lowest BCUT2D eigenvalue weighted by molar-refractivity contribution is 0.0506. The molecule has 98 valence electrons. The number of hydrogen-bond donors (Lipinski definition) is 0. The molecular weight excluding hydrogens is 220 g/mol. The molecule has 2 aliphatic heterocycles. The third kappa shape index (κ3) is 2.32. The molecule has 0 spiro atoms. The Balaban J connectivity index is 1.81. The number of fused-ring (bicyclic) bond motifs is 1. The van der Waals surface area contributed by atoms with Crippen LogP contribution in [0.2, 0.25) is 0 Å². The van der Waals surface area contributed by atoms with Gasteiger partial charge in [0.05, 0.1) is 0 Å². The molecule has 0 saturated carbocycles. The molecule has 1 aromatic carbocycles. The minimum atomic E-state index is 0.612. The molecule has 2 atom stereocenters. The van der Waals surface area contributed by atoms with Crippen LogP contribution in [0.4, 0.5) is 0 Å². The highest BCUT2D eigenvalue weighted by molar-refractivity contribution is 5.20. The van der Waals surface area contributed by atoms with E-state index in [1.54, 1.807) is 0 Å². The van der Waals surface area contributed by atoms with Gasteiger partial charge in [0.25, 0.3) is 0 Å². The van der Waals surface area contributed by atoms with Crippen molar-refractivity contribution < 1.29 is 0 Å². The van der Waals surface area contributed by atoms with E-state index >= 15 is 0 Å². The Labute approximate surface area is 111 Å². The van der Waals surface area contributed by atoms with Crippen LogP contribution < -0.4 is 0 Å². The van der Waals surface area contributed by atoms with Gasteiger partial charge >= 0.3 is 0 Å². The molecule has 2 nitrogen and oxygen atoms in total. The Morgan fingerprint density at radius 2 is 2.00 bits per heavy atom. The summed E-state index contributed by atoms with van der Waals surface area (Å²) in [5.41, 5.74) is 1.50. The van der Waals surface area contributed by atoms with E-state index in [2.05, 4.69) is 47.1 Å². The summed E-state index contributed by atoms with van der Waals surface area (Å²) in [5.74, 6) is 0. The van der Waals surface area contributed by atoms with E-state index in [9.17, 15) is 0 Å². The van der Waals surface area contributed by atoms with Crippen molar-refractivity contribution >= 4 is 0 Å². The quantitative estimate of drug-likeness (QED) is 0.806. The van der Waals surface area contributed by atoms with Gasteiger partial charge in [-0.3, -0.25) is 9.80 Å².